The number of rotatable bonds is 11. The van der Waals surface area contributed by atoms with Crippen LogP contribution in [0.5, 0.6) is 11.5 Å². The molecule has 0 bridgehead atoms. The molecule has 9 heteroatoms. The molecule has 40 heavy (non-hydrogen) atoms. The SMILES string of the molecule is COc1ccc(Cn2nnnc2C(C(C)C)N(Cc2ccccc2)Cc2cc3cc(OC)ccc3[nH]c2=O)cc1. The Bertz CT molecular complexity index is 1610. The van der Waals surface area contributed by atoms with Crippen molar-refractivity contribution >= 4 is 10.9 Å². The first-order chi connectivity index (χ1) is 19.4. The summed E-state index contributed by atoms with van der Waals surface area (Å²) in [5.74, 6) is 2.45. The van der Waals surface area contributed by atoms with Crippen molar-refractivity contribution in [2.45, 2.75) is 39.5 Å². The molecule has 0 fully saturated rings. The molecule has 0 aliphatic heterocycles. The fraction of sp³-hybridized carbons (Fsp3) is 0.290. The van der Waals surface area contributed by atoms with E-state index in [1.54, 1.807) is 14.2 Å². The van der Waals surface area contributed by atoms with Gasteiger partial charge < -0.3 is 14.5 Å². The summed E-state index contributed by atoms with van der Waals surface area (Å²) in [5, 5.41) is 13.8. The van der Waals surface area contributed by atoms with Gasteiger partial charge in [-0.05, 0) is 63.9 Å². The standard InChI is InChI=1S/C31H34N6O3/c1-21(2)29(30-33-34-35-37(30)19-23-10-12-26(39-3)13-11-23)36(18-22-8-6-5-7-9-22)20-25-16-24-17-27(40-4)14-15-28(24)32-31(25)38/h5-17,21,29H,18-20H2,1-4H3,(H,32,38). The molecular formula is C31H34N6O3. The summed E-state index contributed by atoms with van der Waals surface area (Å²) in [4.78, 5) is 18.6. The van der Waals surface area contributed by atoms with Crippen LogP contribution in [0, 0.1) is 5.92 Å². The quantitative estimate of drug-likeness (QED) is 0.253. The van der Waals surface area contributed by atoms with Crippen molar-refractivity contribution in [2.75, 3.05) is 14.2 Å². The van der Waals surface area contributed by atoms with Gasteiger partial charge in [0.1, 0.15) is 11.5 Å². The lowest BCUT2D eigenvalue weighted by atomic mass is 9.99. The van der Waals surface area contributed by atoms with Crippen LogP contribution in [-0.4, -0.2) is 44.3 Å². The van der Waals surface area contributed by atoms with Gasteiger partial charge in [-0.3, -0.25) is 9.69 Å². The number of ether oxygens (including phenoxy) is 2. The van der Waals surface area contributed by atoms with Crippen LogP contribution >= 0.6 is 0 Å². The summed E-state index contributed by atoms with van der Waals surface area (Å²) in [7, 11) is 3.29. The van der Waals surface area contributed by atoms with Gasteiger partial charge in [0.25, 0.3) is 5.56 Å². The molecule has 206 valence electrons. The van der Waals surface area contributed by atoms with E-state index in [0.717, 1.165) is 39.4 Å². The fourth-order valence-electron chi connectivity index (χ4n) is 5.09. The Morgan fingerprint density at radius 3 is 2.30 bits per heavy atom. The maximum absolute atomic E-state index is 13.2. The van der Waals surface area contributed by atoms with Crippen LogP contribution in [-0.2, 0) is 19.6 Å². The number of nitrogens with one attached hydrogen (secondary N) is 1. The molecular weight excluding hydrogens is 504 g/mol. The summed E-state index contributed by atoms with van der Waals surface area (Å²) < 4.78 is 12.6. The van der Waals surface area contributed by atoms with E-state index in [0.29, 0.717) is 25.2 Å². The first kappa shape index (κ1) is 27.1. The van der Waals surface area contributed by atoms with Crippen molar-refractivity contribution in [3.8, 4) is 11.5 Å². The largest absolute Gasteiger partial charge is 0.497 e. The lowest BCUT2D eigenvalue weighted by Gasteiger charge is -2.33. The van der Waals surface area contributed by atoms with Crippen molar-refractivity contribution in [3.63, 3.8) is 0 Å². The Morgan fingerprint density at radius 2 is 1.60 bits per heavy atom. The molecule has 0 saturated carbocycles. The average molecular weight is 539 g/mol. The summed E-state index contributed by atoms with van der Waals surface area (Å²) in [6.07, 6.45) is 0. The van der Waals surface area contributed by atoms with Crippen molar-refractivity contribution in [1.29, 1.82) is 0 Å². The Morgan fingerprint density at radius 1 is 0.875 bits per heavy atom. The molecule has 0 radical (unpaired) electrons. The predicted molar refractivity (Wildman–Crippen MR) is 154 cm³/mol. The first-order valence-electron chi connectivity index (χ1n) is 13.3. The molecule has 3 aromatic carbocycles. The number of tetrazole rings is 1. The highest BCUT2D eigenvalue weighted by atomic mass is 16.5. The average Bonchev–Trinajstić information content (AvgIpc) is 3.41. The second-order valence-corrected chi connectivity index (χ2v) is 10.2. The zero-order valence-electron chi connectivity index (χ0n) is 23.2. The van der Waals surface area contributed by atoms with Gasteiger partial charge in [0.15, 0.2) is 5.82 Å². The van der Waals surface area contributed by atoms with Crippen LogP contribution in [0.3, 0.4) is 0 Å². The first-order valence-corrected chi connectivity index (χ1v) is 13.3. The van der Waals surface area contributed by atoms with Crippen LogP contribution in [0.2, 0.25) is 0 Å². The maximum atomic E-state index is 13.2. The number of H-pyrrole nitrogens is 1. The normalized spacial score (nSPS) is 12.2. The van der Waals surface area contributed by atoms with Crippen molar-refractivity contribution in [1.82, 2.24) is 30.1 Å². The number of hydrogen-bond acceptors (Lipinski definition) is 7. The zero-order valence-corrected chi connectivity index (χ0v) is 23.2. The molecule has 1 atom stereocenters. The molecule has 2 aromatic heterocycles. The number of pyridine rings is 1. The van der Waals surface area contributed by atoms with E-state index < -0.39 is 0 Å². The van der Waals surface area contributed by atoms with Crippen LogP contribution in [0.4, 0.5) is 0 Å². The van der Waals surface area contributed by atoms with E-state index >= 15 is 0 Å². The zero-order chi connectivity index (χ0) is 28.1. The molecule has 1 unspecified atom stereocenters. The summed E-state index contributed by atoms with van der Waals surface area (Å²) in [6.45, 7) is 5.87. The lowest BCUT2D eigenvalue weighted by Crippen LogP contribution is -2.35. The highest BCUT2D eigenvalue weighted by Crippen LogP contribution is 2.31. The molecule has 2 heterocycles. The number of fused-ring (bicyclic) bond motifs is 1. The molecule has 0 aliphatic carbocycles. The van der Waals surface area contributed by atoms with Gasteiger partial charge in [-0.2, -0.15) is 0 Å². The minimum absolute atomic E-state index is 0.115. The van der Waals surface area contributed by atoms with E-state index in [2.05, 4.69) is 51.4 Å². The van der Waals surface area contributed by atoms with Crippen molar-refractivity contribution in [3.05, 3.63) is 112 Å². The van der Waals surface area contributed by atoms with E-state index in [-0.39, 0.29) is 17.5 Å². The molecule has 9 nitrogen and oxygen atoms in total. The van der Waals surface area contributed by atoms with Gasteiger partial charge in [0.05, 0.1) is 26.8 Å². The fourth-order valence-corrected chi connectivity index (χ4v) is 5.09. The smallest absolute Gasteiger partial charge is 0.252 e. The highest BCUT2D eigenvalue weighted by Gasteiger charge is 2.30. The van der Waals surface area contributed by atoms with E-state index in [1.165, 1.54) is 0 Å². The number of aromatic amines is 1. The number of nitrogens with zero attached hydrogens (tertiary/aromatic N) is 5. The van der Waals surface area contributed by atoms with Gasteiger partial charge in [-0.15, -0.1) is 5.10 Å². The van der Waals surface area contributed by atoms with Gasteiger partial charge in [0.2, 0.25) is 0 Å². The van der Waals surface area contributed by atoms with Crippen LogP contribution in [0.15, 0.2) is 83.7 Å². The summed E-state index contributed by atoms with van der Waals surface area (Å²) >= 11 is 0. The maximum Gasteiger partial charge on any atom is 0.252 e. The van der Waals surface area contributed by atoms with E-state index in [4.69, 9.17) is 9.47 Å². The Balaban J connectivity index is 1.53. The minimum Gasteiger partial charge on any atom is -0.497 e. The molecule has 0 spiro atoms. The van der Waals surface area contributed by atoms with E-state index in [1.807, 2.05) is 71.4 Å². The monoisotopic (exact) mass is 538 g/mol. The third-order valence-corrected chi connectivity index (χ3v) is 7.07. The Hall–Kier alpha value is -4.50. The Kier molecular flexibility index (Phi) is 8.21. The molecule has 0 aliphatic rings. The minimum atomic E-state index is -0.158. The van der Waals surface area contributed by atoms with Gasteiger partial charge in [0, 0.05) is 29.6 Å². The summed E-state index contributed by atoms with van der Waals surface area (Å²) in [6, 6.07) is 25.6. The number of benzene rings is 3. The van der Waals surface area contributed by atoms with Crippen LogP contribution in [0.25, 0.3) is 10.9 Å². The molecule has 5 aromatic rings. The second kappa shape index (κ2) is 12.1. The second-order valence-electron chi connectivity index (χ2n) is 10.2. The number of methoxy groups -OCH3 is 2. The van der Waals surface area contributed by atoms with E-state index in [9.17, 15) is 4.79 Å². The molecule has 0 saturated heterocycles. The summed E-state index contributed by atoms with van der Waals surface area (Å²) in [5.41, 5.74) is 3.52. The van der Waals surface area contributed by atoms with Crippen LogP contribution < -0.4 is 15.0 Å². The molecule has 0 amide bonds. The van der Waals surface area contributed by atoms with Crippen molar-refractivity contribution < 1.29 is 9.47 Å². The van der Waals surface area contributed by atoms with Gasteiger partial charge in [-0.1, -0.05) is 56.3 Å². The van der Waals surface area contributed by atoms with Gasteiger partial charge in [-0.25, -0.2) is 4.68 Å². The number of hydrogen-bond donors (Lipinski definition) is 1. The topological polar surface area (TPSA) is 98.2 Å². The lowest BCUT2D eigenvalue weighted by molar-refractivity contribution is 0.126. The van der Waals surface area contributed by atoms with Crippen LogP contribution in [0.1, 0.15) is 42.4 Å². The molecule has 5 rings (SSSR count). The van der Waals surface area contributed by atoms with Gasteiger partial charge >= 0.3 is 0 Å². The van der Waals surface area contributed by atoms with Crippen molar-refractivity contribution in [2.24, 2.45) is 5.92 Å². The third kappa shape index (κ3) is 6.05. The molecule has 1 N–H and O–H groups in total. The third-order valence-electron chi connectivity index (χ3n) is 7.07. The predicted octanol–water partition coefficient (Wildman–Crippen LogP) is 4.98. The highest BCUT2D eigenvalue weighted by molar-refractivity contribution is 5.80. The number of aromatic nitrogens is 5. The Labute approximate surface area is 233 Å².